The van der Waals surface area contributed by atoms with Crippen molar-refractivity contribution in [3.63, 3.8) is 0 Å². The zero-order chi connectivity index (χ0) is 8.97. The van der Waals surface area contributed by atoms with Gasteiger partial charge < -0.3 is 4.74 Å². The molecule has 0 spiro atoms. The molecule has 1 aromatic heterocycles. The summed E-state index contributed by atoms with van der Waals surface area (Å²) in [6.07, 6.45) is 0. The molecule has 0 amide bonds. The molecule has 66 valence electrons. The normalized spacial score (nSPS) is 10.2. The molecule has 0 aliphatic heterocycles. The SMILES string of the molecule is COCCn1nc(C)ccc1=O. The van der Waals surface area contributed by atoms with Crippen LogP contribution >= 0.6 is 0 Å². The van der Waals surface area contributed by atoms with Gasteiger partial charge in [-0.05, 0) is 13.0 Å². The summed E-state index contributed by atoms with van der Waals surface area (Å²) in [4.78, 5) is 11.1. The lowest BCUT2D eigenvalue weighted by Crippen LogP contribution is -2.24. The van der Waals surface area contributed by atoms with Gasteiger partial charge in [-0.2, -0.15) is 5.10 Å². The van der Waals surface area contributed by atoms with E-state index in [0.717, 1.165) is 5.69 Å². The second-order valence-electron chi connectivity index (χ2n) is 2.53. The molecular weight excluding hydrogens is 156 g/mol. The fourth-order valence-electron chi connectivity index (χ4n) is 0.889. The van der Waals surface area contributed by atoms with E-state index in [1.807, 2.05) is 6.92 Å². The summed E-state index contributed by atoms with van der Waals surface area (Å²) in [6, 6.07) is 3.21. The molecular formula is C8H12N2O2. The molecule has 4 nitrogen and oxygen atoms in total. The standard InChI is InChI=1S/C8H12N2O2/c1-7-3-4-8(11)10(9-7)5-6-12-2/h3-4H,5-6H2,1-2H3. The van der Waals surface area contributed by atoms with Gasteiger partial charge in [0.15, 0.2) is 0 Å². The third kappa shape index (κ3) is 2.17. The van der Waals surface area contributed by atoms with E-state index >= 15 is 0 Å². The molecule has 0 aliphatic carbocycles. The third-order valence-corrected chi connectivity index (χ3v) is 1.51. The van der Waals surface area contributed by atoms with E-state index in [1.165, 1.54) is 10.7 Å². The summed E-state index contributed by atoms with van der Waals surface area (Å²) < 4.78 is 6.24. The number of aryl methyl sites for hydroxylation is 1. The number of aromatic nitrogens is 2. The van der Waals surface area contributed by atoms with Crippen LogP contribution in [0, 0.1) is 6.92 Å². The highest BCUT2D eigenvalue weighted by Crippen LogP contribution is 1.85. The van der Waals surface area contributed by atoms with Crippen LogP contribution in [-0.4, -0.2) is 23.5 Å². The van der Waals surface area contributed by atoms with Crippen molar-refractivity contribution < 1.29 is 4.74 Å². The van der Waals surface area contributed by atoms with Gasteiger partial charge >= 0.3 is 0 Å². The number of hydrogen-bond donors (Lipinski definition) is 0. The highest BCUT2D eigenvalue weighted by atomic mass is 16.5. The zero-order valence-electron chi connectivity index (χ0n) is 7.28. The van der Waals surface area contributed by atoms with Gasteiger partial charge in [-0.1, -0.05) is 0 Å². The largest absolute Gasteiger partial charge is 0.383 e. The average molecular weight is 168 g/mol. The van der Waals surface area contributed by atoms with E-state index in [9.17, 15) is 4.79 Å². The Morgan fingerprint density at radius 2 is 2.33 bits per heavy atom. The van der Waals surface area contributed by atoms with Crippen LogP contribution in [0.3, 0.4) is 0 Å². The monoisotopic (exact) mass is 168 g/mol. The molecule has 0 bridgehead atoms. The first-order chi connectivity index (χ1) is 5.74. The highest BCUT2D eigenvalue weighted by molar-refractivity contribution is 4.96. The lowest BCUT2D eigenvalue weighted by Gasteiger charge is -2.02. The zero-order valence-corrected chi connectivity index (χ0v) is 7.28. The maximum atomic E-state index is 11.1. The van der Waals surface area contributed by atoms with Crippen molar-refractivity contribution in [1.82, 2.24) is 9.78 Å². The van der Waals surface area contributed by atoms with E-state index in [2.05, 4.69) is 5.10 Å². The minimum atomic E-state index is -0.0855. The summed E-state index contributed by atoms with van der Waals surface area (Å²) in [7, 11) is 1.60. The minimum Gasteiger partial charge on any atom is -0.383 e. The summed E-state index contributed by atoms with van der Waals surface area (Å²) in [6.45, 7) is 2.87. The van der Waals surface area contributed by atoms with Gasteiger partial charge in [0, 0.05) is 13.2 Å². The Hall–Kier alpha value is -1.16. The average Bonchev–Trinajstić information content (AvgIpc) is 2.07. The summed E-state index contributed by atoms with van der Waals surface area (Å²) in [5.41, 5.74) is 0.753. The van der Waals surface area contributed by atoms with Crippen LogP contribution in [0.25, 0.3) is 0 Å². The Morgan fingerprint density at radius 1 is 1.58 bits per heavy atom. The highest BCUT2D eigenvalue weighted by Gasteiger charge is 1.95. The van der Waals surface area contributed by atoms with Crippen LogP contribution in [0.4, 0.5) is 0 Å². The van der Waals surface area contributed by atoms with Gasteiger partial charge in [0.25, 0.3) is 5.56 Å². The lowest BCUT2D eigenvalue weighted by molar-refractivity contribution is 0.181. The fourth-order valence-corrected chi connectivity index (χ4v) is 0.889. The van der Waals surface area contributed by atoms with E-state index in [1.54, 1.807) is 13.2 Å². The first-order valence-corrected chi connectivity index (χ1v) is 3.78. The molecule has 0 radical (unpaired) electrons. The quantitative estimate of drug-likeness (QED) is 0.647. The number of methoxy groups -OCH3 is 1. The first-order valence-electron chi connectivity index (χ1n) is 3.78. The van der Waals surface area contributed by atoms with Gasteiger partial charge in [-0.3, -0.25) is 4.79 Å². The van der Waals surface area contributed by atoms with Gasteiger partial charge in [0.2, 0.25) is 0 Å². The Kier molecular flexibility index (Phi) is 2.99. The Labute approximate surface area is 70.8 Å². The van der Waals surface area contributed by atoms with Gasteiger partial charge in [-0.15, -0.1) is 0 Å². The van der Waals surface area contributed by atoms with Crippen LogP contribution in [0.2, 0.25) is 0 Å². The third-order valence-electron chi connectivity index (χ3n) is 1.51. The van der Waals surface area contributed by atoms with Crippen LogP contribution in [0.5, 0.6) is 0 Å². The minimum absolute atomic E-state index is 0.0855. The Morgan fingerprint density at radius 3 is 3.00 bits per heavy atom. The lowest BCUT2D eigenvalue weighted by atomic mass is 10.4. The van der Waals surface area contributed by atoms with Crippen LogP contribution in [0.15, 0.2) is 16.9 Å². The summed E-state index contributed by atoms with van der Waals surface area (Å²) in [5.74, 6) is 0. The summed E-state index contributed by atoms with van der Waals surface area (Å²) >= 11 is 0. The molecule has 4 heteroatoms. The maximum Gasteiger partial charge on any atom is 0.266 e. The van der Waals surface area contributed by atoms with Crippen molar-refractivity contribution >= 4 is 0 Å². The van der Waals surface area contributed by atoms with Crippen molar-refractivity contribution in [2.45, 2.75) is 13.5 Å². The second-order valence-corrected chi connectivity index (χ2v) is 2.53. The van der Waals surface area contributed by atoms with Crippen LogP contribution in [-0.2, 0) is 11.3 Å². The maximum absolute atomic E-state index is 11.1. The molecule has 0 unspecified atom stereocenters. The van der Waals surface area contributed by atoms with Crippen molar-refractivity contribution in [3.8, 4) is 0 Å². The van der Waals surface area contributed by atoms with E-state index in [4.69, 9.17) is 4.74 Å². The molecule has 0 aromatic carbocycles. The first kappa shape index (κ1) is 8.93. The van der Waals surface area contributed by atoms with Crippen molar-refractivity contribution in [1.29, 1.82) is 0 Å². The number of nitrogens with zero attached hydrogens (tertiary/aromatic N) is 2. The predicted octanol–water partition coefficient (Wildman–Crippen LogP) is 0.198. The second kappa shape index (κ2) is 4.01. The van der Waals surface area contributed by atoms with Crippen LogP contribution in [0.1, 0.15) is 5.69 Å². The Bertz CT molecular complexity index is 306. The molecule has 1 heterocycles. The fraction of sp³-hybridized carbons (Fsp3) is 0.500. The number of ether oxygens (including phenoxy) is 1. The van der Waals surface area contributed by atoms with Crippen molar-refractivity contribution in [2.75, 3.05) is 13.7 Å². The summed E-state index contributed by atoms with van der Waals surface area (Å²) in [5, 5.41) is 4.03. The molecule has 1 aromatic rings. The van der Waals surface area contributed by atoms with Crippen molar-refractivity contribution in [3.05, 3.63) is 28.2 Å². The number of hydrogen-bond acceptors (Lipinski definition) is 3. The molecule has 0 saturated heterocycles. The molecule has 0 fully saturated rings. The molecule has 1 rings (SSSR count). The number of rotatable bonds is 3. The van der Waals surface area contributed by atoms with Crippen molar-refractivity contribution in [2.24, 2.45) is 0 Å². The molecule has 0 N–H and O–H groups in total. The predicted molar refractivity (Wildman–Crippen MR) is 45.1 cm³/mol. The van der Waals surface area contributed by atoms with Gasteiger partial charge in [-0.25, -0.2) is 4.68 Å². The Balaban J connectivity index is 2.83. The molecule has 0 atom stereocenters. The van der Waals surface area contributed by atoms with E-state index in [0.29, 0.717) is 13.2 Å². The van der Waals surface area contributed by atoms with Gasteiger partial charge in [0.1, 0.15) is 0 Å². The molecule has 12 heavy (non-hydrogen) atoms. The van der Waals surface area contributed by atoms with Gasteiger partial charge in [0.05, 0.1) is 18.8 Å². The topological polar surface area (TPSA) is 44.1 Å². The van der Waals surface area contributed by atoms with E-state index < -0.39 is 0 Å². The van der Waals surface area contributed by atoms with Crippen LogP contribution < -0.4 is 5.56 Å². The molecule has 0 saturated carbocycles. The smallest absolute Gasteiger partial charge is 0.266 e. The van der Waals surface area contributed by atoms with E-state index in [-0.39, 0.29) is 5.56 Å². The molecule has 0 aliphatic rings.